The van der Waals surface area contributed by atoms with Crippen molar-refractivity contribution in [3.8, 4) is 0 Å². The molecule has 2 aliphatic rings. The van der Waals surface area contributed by atoms with E-state index < -0.39 is 17.0 Å². The second kappa shape index (κ2) is 17.7. The molecule has 1 radical (unpaired) electrons. The molecule has 0 bridgehead atoms. The Morgan fingerprint density at radius 1 is 0.767 bits per heavy atom. The van der Waals surface area contributed by atoms with E-state index in [2.05, 4.69) is 51.2 Å². The first-order valence-electron chi connectivity index (χ1n) is 11.9. The van der Waals surface area contributed by atoms with Gasteiger partial charge in [0.25, 0.3) is 0 Å². The quantitative estimate of drug-likeness (QED) is 0.292. The van der Waals surface area contributed by atoms with Gasteiger partial charge in [-0.25, -0.2) is 12.1 Å². The third-order valence-electron chi connectivity index (χ3n) is 5.63. The third-order valence-corrected chi connectivity index (χ3v) is 5.63. The van der Waals surface area contributed by atoms with Crippen molar-refractivity contribution in [2.45, 2.75) is 104 Å². The number of fused-ring (bicyclic) bond motifs is 2. The monoisotopic (exact) mass is 499 g/mol. The Kier molecular flexibility index (Phi) is 16.7. The summed E-state index contributed by atoms with van der Waals surface area (Å²) in [5, 5.41) is 0. The van der Waals surface area contributed by atoms with Gasteiger partial charge in [-0.3, -0.25) is 0 Å². The van der Waals surface area contributed by atoms with Crippen molar-refractivity contribution in [1.29, 1.82) is 0 Å². The Morgan fingerprint density at radius 2 is 1.10 bits per heavy atom. The predicted molar refractivity (Wildman–Crippen MR) is 136 cm³/mol. The van der Waals surface area contributed by atoms with Gasteiger partial charge in [-0.05, 0) is 0 Å². The first-order valence-corrected chi connectivity index (χ1v) is 18.5. The average molecular weight is 500 g/mol. The fourth-order valence-electron chi connectivity index (χ4n) is 4.41. The van der Waals surface area contributed by atoms with Gasteiger partial charge in [0.15, 0.2) is 0 Å². The van der Waals surface area contributed by atoms with Crippen molar-refractivity contribution >= 4 is 28.1 Å². The normalized spacial score (nSPS) is 13.9. The summed E-state index contributed by atoms with van der Waals surface area (Å²) in [6.07, 6.45) is 16.1. The molecule has 0 unspecified atom stereocenters. The minimum absolute atomic E-state index is 0.556. The van der Waals surface area contributed by atoms with Gasteiger partial charge in [-0.15, -0.1) is 0 Å². The van der Waals surface area contributed by atoms with E-state index in [1.165, 1.54) is 77.0 Å². The van der Waals surface area contributed by atoms with E-state index in [1.54, 1.807) is 33.4 Å². The van der Waals surface area contributed by atoms with Crippen LogP contribution in [0.15, 0.2) is 24.3 Å². The molecule has 4 rings (SSSR count). The Bertz CT molecular complexity index is 569. The molecule has 0 heterocycles. The number of hydrogen-bond donors (Lipinski definition) is 0. The molecule has 0 spiro atoms. The summed E-state index contributed by atoms with van der Waals surface area (Å²) in [5.41, 5.74) is 9.72. The average Bonchev–Trinajstić information content (AvgIpc) is 3.33. The van der Waals surface area contributed by atoms with Crippen molar-refractivity contribution in [2.75, 3.05) is 0 Å². The van der Waals surface area contributed by atoms with E-state index in [4.69, 9.17) is 18.6 Å². The molecule has 2 aromatic rings. The van der Waals surface area contributed by atoms with Crippen molar-refractivity contribution in [3.05, 3.63) is 57.6 Å². The van der Waals surface area contributed by atoms with Gasteiger partial charge in [0, 0.05) is 9.52 Å². The summed E-state index contributed by atoms with van der Waals surface area (Å²) >= 11 is -0.556. The molecule has 0 atom stereocenters. The van der Waals surface area contributed by atoms with Gasteiger partial charge >= 0.3 is 35.6 Å². The van der Waals surface area contributed by atoms with E-state index in [0.717, 1.165) is 9.52 Å². The van der Waals surface area contributed by atoms with Crippen LogP contribution in [0.1, 0.15) is 85.8 Å². The van der Waals surface area contributed by atoms with Gasteiger partial charge in [-0.1, -0.05) is 104 Å². The predicted octanol–water partition coefficient (Wildman–Crippen LogP) is 8.37. The SMILES string of the molecule is CCCc1cc2c([cH-]1)CCCC2.CCCc1cc2c([cH-]1)CCCC2.C[SiH]C.[Cl][Ti][Cl]. The Balaban J connectivity index is 0.000000239. The molecular weight excluding hydrogens is 459 g/mol. The van der Waals surface area contributed by atoms with Gasteiger partial charge < -0.3 is 0 Å². The molecule has 169 valence electrons. The molecule has 0 aromatic heterocycles. The molecular formula is C26H41Cl2SiTi-2. The zero-order chi connectivity index (χ0) is 22.2. The van der Waals surface area contributed by atoms with Crippen LogP contribution in [0.25, 0.3) is 0 Å². The fraction of sp³-hybridized carbons (Fsp3) is 0.615. The molecule has 0 nitrogen and oxygen atoms in total. The minimum atomic E-state index is -0.556. The van der Waals surface area contributed by atoms with Gasteiger partial charge in [0.1, 0.15) is 0 Å². The molecule has 0 saturated carbocycles. The second-order valence-corrected chi connectivity index (χ2v) is 12.1. The zero-order valence-electron chi connectivity index (χ0n) is 19.6. The molecule has 2 aliphatic carbocycles. The number of aryl methyl sites for hydroxylation is 6. The van der Waals surface area contributed by atoms with E-state index in [-0.39, 0.29) is 0 Å². The summed E-state index contributed by atoms with van der Waals surface area (Å²) in [6, 6.07) is 9.71. The van der Waals surface area contributed by atoms with Crippen molar-refractivity contribution < 1.29 is 17.0 Å². The molecule has 0 aliphatic heterocycles. The van der Waals surface area contributed by atoms with Gasteiger partial charge in [-0.2, -0.15) is 45.5 Å². The topological polar surface area (TPSA) is 0 Å². The number of rotatable bonds is 4. The van der Waals surface area contributed by atoms with Crippen LogP contribution in [0.2, 0.25) is 13.1 Å². The van der Waals surface area contributed by atoms with E-state index in [9.17, 15) is 0 Å². The summed E-state index contributed by atoms with van der Waals surface area (Å²) in [7, 11) is 10.5. The molecule has 0 N–H and O–H groups in total. The molecule has 2 aromatic carbocycles. The Hall–Kier alpha value is 0.211. The van der Waals surface area contributed by atoms with Crippen LogP contribution < -0.4 is 0 Å². The first-order chi connectivity index (χ1) is 14.6. The summed E-state index contributed by atoms with van der Waals surface area (Å²) < 4.78 is 0. The van der Waals surface area contributed by atoms with Crippen molar-refractivity contribution in [3.63, 3.8) is 0 Å². The molecule has 0 amide bonds. The maximum atomic E-state index is 4.89. The zero-order valence-corrected chi connectivity index (χ0v) is 23.9. The second-order valence-electron chi connectivity index (χ2n) is 8.39. The number of halogens is 2. The fourth-order valence-corrected chi connectivity index (χ4v) is 4.41. The molecule has 0 saturated heterocycles. The van der Waals surface area contributed by atoms with Crippen LogP contribution >= 0.6 is 18.6 Å². The molecule has 0 fully saturated rings. The van der Waals surface area contributed by atoms with Crippen molar-refractivity contribution in [2.24, 2.45) is 0 Å². The standard InChI is InChI=1S/2C12H17.C2H7Si.2ClH.Ti/c2*1-2-5-10-8-11-6-3-4-7-12(11)9-10;1-3-2;;;/h2*8-9H,2-7H2,1H3;3H,1-2H3;2*1H;/q2*-1;;;;+2/p-2. The maximum absolute atomic E-state index is 4.89. The van der Waals surface area contributed by atoms with Crippen LogP contribution in [0.5, 0.6) is 0 Å². The third kappa shape index (κ3) is 10.7. The number of hydrogen-bond acceptors (Lipinski definition) is 0. The van der Waals surface area contributed by atoms with Crippen LogP contribution in [0.4, 0.5) is 0 Å². The summed E-state index contributed by atoms with van der Waals surface area (Å²) in [6.45, 7) is 8.93. The Labute approximate surface area is 205 Å². The Morgan fingerprint density at radius 3 is 1.40 bits per heavy atom. The first kappa shape index (κ1) is 28.2. The van der Waals surface area contributed by atoms with E-state index >= 15 is 0 Å². The summed E-state index contributed by atoms with van der Waals surface area (Å²) in [5.74, 6) is 0. The molecule has 4 heteroatoms. The molecule has 30 heavy (non-hydrogen) atoms. The van der Waals surface area contributed by atoms with E-state index in [1.807, 2.05) is 0 Å². The van der Waals surface area contributed by atoms with Crippen LogP contribution in [-0.4, -0.2) is 9.52 Å². The van der Waals surface area contributed by atoms with Crippen LogP contribution in [0.3, 0.4) is 0 Å². The van der Waals surface area contributed by atoms with Crippen molar-refractivity contribution in [1.82, 2.24) is 0 Å². The van der Waals surface area contributed by atoms with Gasteiger partial charge in [0.05, 0.1) is 0 Å². The van der Waals surface area contributed by atoms with Crippen LogP contribution in [0, 0.1) is 0 Å². The van der Waals surface area contributed by atoms with Gasteiger partial charge in [0.2, 0.25) is 0 Å². The van der Waals surface area contributed by atoms with Crippen LogP contribution in [-0.2, 0) is 55.6 Å². The summed E-state index contributed by atoms with van der Waals surface area (Å²) in [4.78, 5) is 0. The van der Waals surface area contributed by atoms with E-state index in [0.29, 0.717) is 0 Å².